The maximum absolute atomic E-state index is 12.1. The largest absolute Gasteiger partial charge is 0.385 e. The minimum atomic E-state index is -0.947. The summed E-state index contributed by atoms with van der Waals surface area (Å²) in [6.45, 7) is 8.75. The van der Waals surface area contributed by atoms with E-state index in [9.17, 15) is 9.90 Å². The highest BCUT2D eigenvalue weighted by Crippen LogP contribution is 2.55. The van der Waals surface area contributed by atoms with Crippen LogP contribution in [0.25, 0.3) is 5.57 Å². The number of aliphatic hydroxyl groups is 1. The van der Waals surface area contributed by atoms with Gasteiger partial charge in [0.25, 0.3) is 0 Å². The molecule has 2 heterocycles. The van der Waals surface area contributed by atoms with Crippen LogP contribution in [-0.2, 0) is 10.3 Å². The second-order valence-corrected chi connectivity index (χ2v) is 10.6. The minimum absolute atomic E-state index is 0.287. The molecule has 28 heavy (non-hydrogen) atoms. The van der Waals surface area contributed by atoms with Gasteiger partial charge in [-0.05, 0) is 80.2 Å². The zero-order valence-corrected chi connectivity index (χ0v) is 17.6. The van der Waals surface area contributed by atoms with Gasteiger partial charge in [0.1, 0.15) is 0 Å². The van der Waals surface area contributed by atoms with E-state index in [0.717, 1.165) is 43.2 Å². The van der Waals surface area contributed by atoms with Crippen molar-refractivity contribution in [2.75, 3.05) is 0 Å². The van der Waals surface area contributed by atoms with Crippen molar-refractivity contribution >= 4 is 11.5 Å². The fourth-order valence-corrected chi connectivity index (χ4v) is 5.61. The van der Waals surface area contributed by atoms with Crippen molar-refractivity contribution in [1.29, 1.82) is 0 Å². The lowest BCUT2D eigenvalue weighted by Crippen LogP contribution is -2.49. The molecule has 2 atom stereocenters. The zero-order chi connectivity index (χ0) is 20.4. The number of benzene rings is 1. The van der Waals surface area contributed by atoms with Crippen LogP contribution in [0, 0.1) is 5.41 Å². The fourth-order valence-electron chi connectivity index (χ4n) is 5.61. The topological polar surface area (TPSA) is 72.6 Å². The molecule has 3 N–H and O–H groups in total. The molecule has 4 rings (SSSR count). The van der Waals surface area contributed by atoms with E-state index in [1.54, 1.807) is 6.07 Å². The number of amides is 1. The van der Waals surface area contributed by atoms with E-state index in [1.165, 1.54) is 5.57 Å². The van der Waals surface area contributed by atoms with Crippen molar-refractivity contribution in [2.45, 2.75) is 89.4 Å². The summed E-state index contributed by atoms with van der Waals surface area (Å²) in [4.78, 5) is 12.1. The quantitative estimate of drug-likeness (QED) is 0.795. The number of rotatable bonds is 3. The molecule has 2 aliphatic heterocycles. The molecular weight excluding hydrogens is 350 g/mol. The van der Waals surface area contributed by atoms with Crippen LogP contribution < -0.4 is 5.73 Å². The van der Waals surface area contributed by atoms with Crippen LogP contribution in [-0.4, -0.2) is 22.2 Å². The van der Waals surface area contributed by atoms with Crippen molar-refractivity contribution in [2.24, 2.45) is 11.1 Å². The van der Waals surface area contributed by atoms with Crippen molar-refractivity contribution < 1.29 is 14.6 Å². The van der Waals surface area contributed by atoms with Crippen molar-refractivity contribution in [3.8, 4) is 0 Å². The summed E-state index contributed by atoms with van der Waals surface area (Å²) in [7, 11) is 0. The molecule has 152 valence electrons. The molecule has 3 aliphatic rings. The predicted molar refractivity (Wildman–Crippen MR) is 111 cm³/mol. The molecule has 2 fully saturated rings. The van der Waals surface area contributed by atoms with Gasteiger partial charge >= 0.3 is 0 Å². The van der Waals surface area contributed by atoms with Crippen LogP contribution >= 0.6 is 0 Å². The Morgan fingerprint density at radius 3 is 2.25 bits per heavy atom. The molecular formula is C24H33NO3. The van der Waals surface area contributed by atoms with Gasteiger partial charge in [0.2, 0.25) is 5.91 Å². The van der Waals surface area contributed by atoms with Crippen molar-refractivity contribution in [3.05, 3.63) is 41.0 Å². The normalized spacial score (nSPS) is 36.8. The van der Waals surface area contributed by atoms with Gasteiger partial charge in [-0.3, -0.25) is 4.79 Å². The first-order valence-corrected chi connectivity index (χ1v) is 10.5. The van der Waals surface area contributed by atoms with E-state index < -0.39 is 11.5 Å². The second-order valence-electron chi connectivity index (χ2n) is 10.6. The maximum Gasteiger partial charge on any atom is 0.249 e. The summed E-state index contributed by atoms with van der Waals surface area (Å²) in [5, 5.41) is 11.7. The molecule has 0 spiro atoms. The first-order valence-electron chi connectivity index (χ1n) is 10.5. The lowest BCUT2D eigenvalue weighted by molar-refractivity contribution is -0.197. The minimum Gasteiger partial charge on any atom is -0.385 e. The van der Waals surface area contributed by atoms with Crippen LogP contribution in [0.5, 0.6) is 0 Å². The molecule has 0 radical (unpaired) electrons. The number of hydrogen-bond acceptors (Lipinski definition) is 3. The van der Waals surface area contributed by atoms with Gasteiger partial charge in [-0.25, -0.2) is 0 Å². The molecule has 0 saturated carbocycles. The van der Waals surface area contributed by atoms with Crippen LogP contribution in [0.4, 0.5) is 0 Å². The van der Waals surface area contributed by atoms with Gasteiger partial charge < -0.3 is 15.6 Å². The molecule has 1 aromatic carbocycles. The Morgan fingerprint density at radius 1 is 1.07 bits per heavy atom. The Morgan fingerprint density at radius 2 is 1.71 bits per heavy atom. The monoisotopic (exact) mass is 383 g/mol. The van der Waals surface area contributed by atoms with Gasteiger partial charge in [-0.1, -0.05) is 26.0 Å². The second kappa shape index (κ2) is 6.17. The molecule has 1 amide bonds. The Balaban J connectivity index is 1.76. The van der Waals surface area contributed by atoms with Gasteiger partial charge in [0, 0.05) is 18.4 Å². The Labute approximate surface area is 168 Å². The van der Waals surface area contributed by atoms with Crippen LogP contribution in [0.3, 0.4) is 0 Å². The lowest BCUT2D eigenvalue weighted by atomic mass is 9.73. The Bertz CT molecular complexity index is 837. The highest BCUT2D eigenvalue weighted by atomic mass is 16.5. The summed E-state index contributed by atoms with van der Waals surface area (Å²) in [6.07, 6.45) is 8.34. The number of ether oxygens (including phenoxy) is 1. The van der Waals surface area contributed by atoms with Crippen LogP contribution in [0.15, 0.2) is 24.3 Å². The molecule has 1 aromatic rings. The van der Waals surface area contributed by atoms with Gasteiger partial charge in [0.05, 0.1) is 16.8 Å². The Hall–Kier alpha value is -1.65. The molecule has 2 saturated heterocycles. The molecule has 4 nitrogen and oxygen atoms in total. The average molecular weight is 384 g/mol. The highest BCUT2D eigenvalue weighted by Gasteiger charge is 2.56. The first kappa shape index (κ1) is 19.7. The number of primary amides is 1. The summed E-state index contributed by atoms with van der Waals surface area (Å²) in [5.41, 5.74) is 7.92. The predicted octanol–water partition coefficient (Wildman–Crippen LogP) is 4.69. The summed E-state index contributed by atoms with van der Waals surface area (Å²) in [6, 6.07) is 5.70. The molecule has 0 aromatic heterocycles. The summed E-state index contributed by atoms with van der Waals surface area (Å²) in [5.74, 6) is -0.412. The number of allylic oxidation sites excluding steroid dienone is 2. The average Bonchev–Trinajstić information content (AvgIpc) is 2.82. The van der Waals surface area contributed by atoms with Crippen molar-refractivity contribution in [3.63, 3.8) is 0 Å². The zero-order valence-electron chi connectivity index (χ0n) is 17.6. The van der Waals surface area contributed by atoms with E-state index in [4.69, 9.17) is 10.5 Å². The van der Waals surface area contributed by atoms with E-state index >= 15 is 0 Å². The van der Waals surface area contributed by atoms with E-state index in [2.05, 4.69) is 33.8 Å². The van der Waals surface area contributed by atoms with E-state index in [-0.39, 0.29) is 16.6 Å². The Kier molecular flexibility index (Phi) is 4.33. The lowest BCUT2D eigenvalue weighted by Gasteiger charge is -2.46. The fraction of sp³-hybridized carbons (Fsp3) is 0.625. The number of nitrogens with two attached hydrogens (primary N) is 1. The highest BCUT2D eigenvalue weighted by molar-refractivity contribution is 5.98. The SMILES string of the molecule is CC1(C)CC=C(c2cc(C3(O)CC4(C)CCC(C)(C3)O4)ccc2C(N)=O)CC1. The number of fused-ring (bicyclic) bond motifs is 2. The number of carbonyl (C=O) groups is 1. The van der Waals surface area contributed by atoms with Crippen molar-refractivity contribution in [1.82, 2.24) is 0 Å². The molecule has 2 unspecified atom stereocenters. The van der Waals surface area contributed by atoms with Gasteiger partial charge in [-0.15, -0.1) is 0 Å². The third-order valence-corrected chi connectivity index (χ3v) is 7.15. The third-order valence-electron chi connectivity index (χ3n) is 7.15. The van der Waals surface area contributed by atoms with Gasteiger partial charge in [-0.2, -0.15) is 0 Å². The number of hydrogen-bond donors (Lipinski definition) is 2. The van der Waals surface area contributed by atoms with Gasteiger partial charge in [0.15, 0.2) is 0 Å². The van der Waals surface area contributed by atoms with Crippen LogP contribution in [0.2, 0.25) is 0 Å². The standard InChI is InChI=1S/C24H33NO3/c1-21(2)9-7-16(8-10-21)19-13-17(5-6-18(19)20(25)26)24(27)14-22(3)11-12-23(4,15-24)28-22/h5-7,13,27H,8-12,14-15H2,1-4H3,(H2,25,26). The summed E-state index contributed by atoms with van der Waals surface area (Å²) >= 11 is 0. The molecule has 1 aliphatic carbocycles. The molecule has 2 bridgehead atoms. The molecule has 4 heteroatoms. The maximum atomic E-state index is 12.1. The third kappa shape index (κ3) is 3.42. The smallest absolute Gasteiger partial charge is 0.249 e. The first-order chi connectivity index (χ1) is 12.9. The van der Waals surface area contributed by atoms with E-state index in [0.29, 0.717) is 18.4 Å². The van der Waals surface area contributed by atoms with E-state index in [1.807, 2.05) is 12.1 Å². The van der Waals surface area contributed by atoms with Crippen LogP contribution in [0.1, 0.15) is 94.1 Å². The number of carbonyl (C=O) groups excluding carboxylic acids is 1. The summed E-state index contributed by atoms with van der Waals surface area (Å²) < 4.78 is 6.28.